The summed E-state index contributed by atoms with van der Waals surface area (Å²) in [6, 6.07) is 0.278. The quantitative estimate of drug-likeness (QED) is 0.792. The molecule has 6 heteroatoms. The Morgan fingerprint density at radius 3 is 2.88 bits per heavy atom. The fourth-order valence-corrected chi connectivity index (χ4v) is 1.82. The third-order valence-electron chi connectivity index (χ3n) is 2.70. The average molecular weight is 226 g/mol. The summed E-state index contributed by atoms with van der Waals surface area (Å²) in [4.78, 5) is 6.18. The zero-order valence-electron chi connectivity index (χ0n) is 9.93. The van der Waals surface area contributed by atoms with E-state index in [2.05, 4.69) is 22.4 Å². The van der Waals surface area contributed by atoms with Crippen LogP contribution in [0.2, 0.25) is 0 Å². The van der Waals surface area contributed by atoms with Crippen LogP contribution in [0, 0.1) is 0 Å². The summed E-state index contributed by atoms with van der Waals surface area (Å²) in [6.45, 7) is 4.35. The van der Waals surface area contributed by atoms with E-state index < -0.39 is 0 Å². The van der Waals surface area contributed by atoms with E-state index in [-0.39, 0.29) is 12.0 Å². The summed E-state index contributed by atoms with van der Waals surface area (Å²) >= 11 is 0. The van der Waals surface area contributed by atoms with Gasteiger partial charge in [0, 0.05) is 20.1 Å². The number of hydrogen-bond acceptors (Lipinski definition) is 6. The van der Waals surface area contributed by atoms with Crippen LogP contribution in [0.25, 0.3) is 0 Å². The molecule has 0 amide bonds. The molecule has 1 saturated heterocycles. The molecule has 0 bridgehead atoms. The van der Waals surface area contributed by atoms with Crippen LogP contribution in [0.5, 0.6) is 0 Å². The van der Waals surface area contributed by atoms with E-state index in [4.69, 9.17) is 9.26 Å². The van der Waals surface area contributed by atoms with E-state index >= 15 is 0 Å². The zero-order valence-corrected chi connectivity index (χ0v) is 9.93. The lowest BCUT2D eigenvalue weighted by Gasteiger charge is -2.14. The zero-order chi connectivity index (χ0) is 11.5. The summed E-state index contributed by atoms with van der Waals surface area (Å²) in [7, 11) is 3.78. The first-order valence-electron chi connectivity index (χ1n) is 5.54. The summed E-state index contributed by atoms with van der Waals surface area (Å²) in [5.74, 6) is 1.44. The number of anilines is 1. The molecular formula is C10H18N4O2. The van der Waals surface area contributed by atoms with Crippen molar-refractivity contribution in [2.45, 2.75) is 18.9 Å². The normalized spacial score (nSPS) is 24.9. The third kappa shape index (κ3) is 2.17. The van der Waals surface area contributed by atoms with Crippen molar-refractivity contribution in [1.82, 2.24) is 15.5 Å². The van der Waals surface area contributed by atoms with Crippen molar-refractivity contribution in [2.75, 3.05) is 38.8 Å². The number of nitrogens with zero attached hydrogens (tertiary/aromatic N) is 3. The van der Waals surface area contributed by atoms with Gasteiger partial charge in [-0.25, -0.2) is 0 Å². The van der Waals surface area contributed by atoms with E-state index in [1.807, 2.05) is 19.0 Å². The predicted molar refractivity (Wildman–Crippen MR) is 59.6 cm³/mol. The molecule has 2 rings (SSSR count). The average Bonchev–Trinajstić information content (AvgIpc) is 2.84. The maximum Gasteiger partial charge on any atom is 0.265 e. The highest BCUT2D eigenvalue weighted by atomic mass is 16.5. The van der Waals surface area contributed by atoms with Crippen LogP contribution in [0.3, 0.4) is 0 Å². The second-order valence-corrected chi connectivity index (χ2v) is 4.14. The molecule has 1 aliphatic rings. The van der Waals surface area contributed by atoms with Crippen LogP contribution >= 0.6 is 0 Å². The molecule has 1 N–H and O–H groups in total. The molecule has 0 aliphatic carbocycles. The highest BCUT2D eigenvalue weighted by molar-refractivity contribution is 5.24. The van der Waals surface area contributed by atoms with Gasteiger partial charge in [-0.1, -0.05) is 6.92 Å². The Kier molecular flexibility index (Phi) is 3.40. The van der Waals surface area contributed by atoms with Gasteiger partial charge in [-0.3, -0.25) is 0 Å². The predicted octanol–water partition coefficient (Wildman–Crippen LogP) is 0.227. The van der Waals surface area contributed by atoms with E-state index in [0.29, 0.717) is 25.1 Å². The molecule has 1 fully saturated rings. The molecule has 2 heterocycles. The Balaban J connectivity index is 2.10. The number of nitrogens with one attached hydrogen (secondary N) is 1. The standard InChI is InChI=1S/C10H18N4O2/c1-4-11-8-6-15-5-7(8)9-12-10(13-16-9)14(2)3/h7-8,11H,4-6H2,1-3H3. The molecule has 2 unspecified atom stereocenters. The monoisotopic (exact) mass is 226 g/mol. The van der Waals surface area contributed by atoms with Gasteiger partial charge in [-0.15, -0.1) is 0 Å². The molecule has 90 valence electrons. The van der Waals surface area contributed by atoms with E-state index in [1.54, 1.807) is 0 Å². The van der Waals surface area contributed by atoms with Gasteiger partial charge >= 0.3 is 0 Å². The molecule has 2 atom stereocenters. The van der Waals surface area contributed by atoms with Crippen molar-refractivity contribution >= 4 is 5.95 Å². The SMILES string of the molecule is CCNC1COCC1c1nc(N(C)C)no1. The van der Waals surface area contributed by atoms with Crippen molar-refractivity contribution in [1.29, 1.82) is 0 Å². The summed E-state index contributed by atoms with van der Waals surface area (Å²) in [6.07, 6.45) is 0. The second-order valence-electron chi connectivity index (χ2n) is 4.14. The maximum atomic E-state index is 5.44. The molecule has 1 aromatic heterocycles. The molecule has 1 aliphatic heterocycles. The molecule has 0 spiro atoms. The van der Waals surface area contributed by atoms with Gasteiger partial charge in [0.2, 0.25) is 5.89 Å². The van der Waals surface area contributed by atoms with Gasteiger partial charge in [0.1, 0.15) is 0 Å². The molecule has 1 aromatic rings. The molecule has 0 saturated carbocycles. The highest BCUT2D eigenvalue weighted by Gasteiger charge is 2.33. The van der Waals surface area contributed by atoms with Gasteiger partial charge < -0.3 is 19.5 Å². The molecular weight excluding hydrogens is 208 g/mol. The number of rotatable bonds is 4. The highest BCUT2D eigenvalue weighted by Crippen LogP contribution is 2.25. The van der Waals surface area contributed by atoms with Crippen molar-refractivity contribution in [2.24, 2.45) is 0 Å². The minimum atomic E-state index is 0.168. The number of ether oxygens (including phenoxy) is 1. The Morgan fingerprint density at radius 1 is 1.44 bits per heavy atom. The number of hydrogen-bond donors (Lipinski definition) is 1. The van der Waals surface area contributed by atoms with E-state index in [9.17, 15) is 0 Å². The fraction of sp³-hybridized carbons (Fsp3) is 0.800. The van der Waals surface area contributed by atoms with Crippen LogP contribution in [0.15, 0.2) is 4.52 Å². The lowest BCUT2D eigenvalue weighted by molar-refractivity contribution is 0.185. The lowest BCUT2D eigenvalue weighted by Crippen LogP contribution is -2.34. The van der Waals surface area contributed by atoms with Crippen LogP contribution in [-0.2, 0) is 4.74 Å². The van der Waals surface area contributed by atoms with Crippen molar-refractivity contribution < 1.29 is 9.26 Å². The van der Waals surface area contributed by atoms with E-state index in [1.165, 1.54) is 0 Å². The Hall–Kier alpha value is -1.14. The summed E-state index contributed by atoms with van der Waals surface area (Å²) in [5.41, 5.74) is 0. The Bertz CT molecular complexity index is 339. The second kappa shape index (κ2) is 4.80. The minimum Gasteiger partial charge on any atom is -0.379 e. The van der Waals surface area contributed by atoms with Gasteiger partial charge in [-0.2, -0.15) is 4.98 Å². The van der Waals surface area contributed by atoms with Crippen LogP contribution in [-0.4, -0.2) is 50.0 Å². The first-order chi connectivity index (χ1) is 7.72. The largest absolute Gasteiger partial charge is 0.379 e. The number of aromatic nitrogens is 2. The maximum absolute atomic E-state index is 5.44. The van der Waals surface area contributed by atoms with Crippen molar-refractivity contribution in [3.05, 3.63) is 5.89 Å². The molecule has 0 aromatic carbocycles. The number of likely N-dealkylation sites (N-methyl/N-ethyl adjacent to an activating group) is 1. The van der Waals surface area contributed by atoms with Crippen LogP contribution in [0.1, 0.15) is 18.7 Å². The molecule has 6 nitrogen and oxygen atoms in total. The van der Waals surface area contributed by atoms with E-state index in [0.717, 1.165) is 6.54 Å². The first-order valence-corrected chi connectivity index (χ1v) is 5.54. The smallest absolute Gasteiger partial charge is 0.265 e. The van der Waals surface area contributed by atoms with Crippen molar-refractivity contribution in [3.63, 3.8) is 0 Å². The topological polar surface area (TPSA) is 63.4 Å². The third-order valence-corrected chi connectivity index (χ3v) is 2.70. The Morgan fingerprint density at radius 2 is 2.25 bits per heavy atom. The molecule has 0 radical (unpaired) electrons. The summed E-state index contributed by atoms with van der Waals surface area (Å²) in [5, 5.41) is 7.28. The first kappa shape index (κ1) is 11.3. The van der Waals surface area contributed by atoms with Crippen molar-refractivity contribution in [3.8, 4) is 0 Å². The Labute approximate surface area is 95.0 Å². The summed E-state index contributed by atoms with van der Waals surface area (Å²) < 4.78 is 10.7. The van der Waals surface area contributed by atoms with Crippen LogP contribution in [0.4, 0.5) is 5.95 Å². The van der Waals surface area contributed by atoms with Gasteiger partial charge in [-0.05, 0) is 11.7 Å². The van der Waals surface area contributed by atoms with Gasteiger partial charge in [0.25, 0.3) is 5.95 Å². The van der Waals surface area contributed by atoms with Crippen LogP contribution < -0.4 is 10.2 Å². The lowest BCUT2D eigenvalue weighted by atomic mass is 10.0. The fourth-order valence-electron chi connectivity index (χ4n) is 1.82. The molecule has 16 heavy (non-hydrogen) atoms. The van der Waals surface area contributed by atoms with Gasteiger partial charge in [0.15, 0.2) is 0 Å². The minimum absolute atomic E-state index is 0.168. The van der Waals surface area contributed by atoms with Gasteiger partial charge in [0.05, 0.1) is 19.1 Å².